The molecule has 0 N–H and O–H groups in total. The molecule has 2 aromatic rings. The fourth-order valence-corrected chi connectivity index (χ4v) is 4.65. The number of allylic oxidation sites excluding steroid dienone is 1. The van der Waals surface area contributed by atoms with Crippen molar-refractivity contribution >= 4 is 22.5 Å². The summed E-state index contributed by atoms with van der Waals surface area (Å²) in [6.07, 6.45) is -8.87. The van der Waals surface area contributed by atoms with Crippen LogP contribution in [0.2, 0.25) is 0 Å². The molecule has 41 heavy (non-hydrogen) atoms. The van der Waals surface area contributed by atoms with Crippen LogP contribution in [0.4, 0.5) is 74.6 Å². The molecule has 0 radical (unpaired) electrons. The van der Waals surface area contributed by atoms with Crippen LogP contribution in [0.3, 0.4) is 0 Å². The van der Waals surface area contributed by atoms with Gasteiger partial charge >= 0.3 is 47.6 Å². The van der Waals surface area contributed by atoms with E-state index in [2.05, 4.69) is 6.58 Å². The molecule has 0 aliphatic heterocycles. The highest BCUT2D eigenvalue weighted by Crippen LogP contribution is 2.64. The first-order chi connectivity index (χ1) is 18.3. The highest BCUT2D eigenvalue weighted by atomic mass is 32.2. The van der Waals surface area contributed by atoms with Gasteiger partial charge in [0.15, 0.2) is 0 Å². The standard InChI is InChI=1S/C23H15F17S/c1-2-5-13-9-8-12-6-3-4-7-14(12)15(13)41-11-10-16(24,25)17(26,27)18(28,29)19(30,31)20(32,33)21(34,35)22(36,37)23(38,39)40/h2-4,6-9H,1,5,10-11H2. The van der Waals surface area contributed by atoms with E-state index in [4.69, 9.17) is 0 Å². The van der Waals surface area contributed by atoms with Crippen molar-refractivity contribution in [3.05, 3.63) is 54.6 Å². The first-order valence-corrected chi connectivity index (χ1v) is 11.7. The van der Waals surface area contributed by atoms with Crippen molar-refractivity contribution in [3.8, 4) is 0 Å². The second-order valence-electron chi connectivity index (χ2n) is 8.51. The Morgan fingerprint density at radius 2 is 1.05 bits per heavy atom. The smallest absolute Gasteiger partial charge is 0.200 e. The van der Waals surface area contributed by atoms with Crippen LogP contribution in [-0.4, -0.2) is 53.4 Å². The number of fused-ring (bicyclic) bond motifs is 1. The molecule has 0 saturated carbocycles. The maximum atomic E-state index is 14.2. The molecule has 0 saturated heterocycles. The van der Waals surface area contributed by atoms with E-state index < -0.39 is 59.8 Å². The van der Waals surface area contributed by atoms with Gasteiger partial charge in [-0.2, -0.15) is 74.6 Å². The monoisotopic (exact) mass is 646 g/mol. The van der Waals surface area contributed by atoms with Gasteiger partial charge in [0.05, 0.1) is 0 Å². The summed E-state index contributed by atoms with van der Waals surface area (Å²) >= 11 is 0.308. The van der Waals surface area contributed by atoms with Crippen molar-refractivity contribution in [2.75, 3.05) is 5.75 Å². The van der Waals surface area contributed by atoms with Crippen LogP contribution in [0.25, 0.3) is 10.8 Å². The van der Waals surface area contributed by atoms with Crippen LogP contribution in [0.15, 0.2) is 53.9 Å². The zero-order valence-electron chi connectivity index (χ0n) is 19.7. The van der Waals surface area contributed by atoms with Gasteiger partial charge in [-0.05, 0) is 22.8 Å². The number of benzene rings is 2. The van der Waals surface area contributed by atoms with Crippen molar-refractivity contribution in [1.29, 1.82) is 0 Å². The predicted molar refractivity (Wildman–Crippen MR) is 114 cm³/mol. The summed E-state index contributed by atoms with van der Waals surface area (Å²) in [4.78, 5) is 0.111. The highest BCUT2D eigenvalue weighted by Gasteiger charge is 2.95. The Labute approximate surface area is 223 Å². The van der Waals surface area contributed by atoms with Gasteiger partial charge in [-0.1, -0.05) is 42.5 Å². The van der Waals surface area contributed by atoms with E-state index in [1.165, 1.54) is 30.3 Å². The second kappa shape index (κ2) is 10.7. The maximum Gasteiger partial charge on any atom is 0.460 e. The van der Waals surface area contributed by atoms with Crippen LogP contribution < -0.4 is 0 Å². The number of thioether (sulfide) groups is 1. The second-order valence-corrected chi connectivity index (χ2v) is 9.62. The number of halogens is 17. The van der Waals surface area contributed by atoms with Crippen molar-refractivity contribution in [1.82, 2.24) is 0 Å². The third-order valence-corrected chi connectivity index (χ3v) is 6.95. The Morgan fingerprint density at radius 3 is 1.54 bits per heavy atom. The first kappa shape index (κ1) is 34.8. The van der Waals surface area contributed by atoms with E-state index in [0.717, 1.165) is 0 Å². The molecule has 18 heteroatoms. The predicted octanol–water partition coefficient (Wildman–Crippen LogP) is 10.1. The van der Waals surface area contributed by atoms with Crippen LogP contribution in [-0.2, 0) is 6.42 Å². The lowest BCUT2D eigenvalue weighted by Crippen LogP contribution is -2.74. The molecule has 0 aromatic heterocycles. The lowest BCUT2D eigenvalue weighted by atomic mass is 9.88. The summed E-state index contributed by atoms with van der Waals surface area (Å²) in [6, 6.07) is 8.98. The number of alkyl halides is 17. The Balaban J connectivity index is 2.44. The Hall–Kier alpha value is -2.40. The van der Waals surface area contributed by atoms with Crippen molar-refractivity contribution in [3.63, 3.8) is 0 Å². The van der Waals surface area contributed by atoms with Crippen molar-refractivity contribution in [2.24, 2.45) is 0 Å². The minimum Gasteiger partial charge on any atom is -0.200 e. The molecular formula is C23H15F17S. The molecule has 0 nitrogen and oxygen atoms in total. The summed E-state index contributed by atoms with van der Waals surface area (Å²) in [5, 5.41) is 0.807. The topological polar surface area (TPSA) is 0 Å². The van der Waals surface area contributed by atoms with E-state index >= 15 is 0 Å². The molecule has 0 spiro atoms. The Morgan fingerprint density at radius 1 is 0.585 bits per heavy atom. The average Bonchev–Trinajstić information content (AvgIpc) is 2.83. The average molecular weight is 646 g/mol. The minimum atomic E-state index is -8.63. The molecule has 0 heterocycles. The molecule has 0 fully saturated rings. The van der Waals surface area contributed by atoms with Gasteiger partial charge < -0.3 is 0 Å². The van der Waals surface area contributed by atoms with Crippen molar-refractivity contribution in [2.45, 2.75) is 65.4 Å². The third-order valence-electron chi connectivity index (χ3n) is 5.77. The van der Waals surface area contributed by atoms with E-state index in [9.17, 15) is 74.6 Å². The van der Waals surface area contributed by atoms with E-state index in [1.54, 1.807) is 12.1 Å². The summed E-state index contributed by atoms with van der Waals surface area (Å²) < 4.78 is 228. The van der Waals surface area contributed by atoms with Gasteiger partial charge in [0.2, 0.25) is 0 Å². The molecule has 2 rings (SSSR count). The fourth-order valence-electron chi connectivity index (χ4n) is 3.41. The molecule has 0 amide bonds. The third kappa shape index (κ3) is 5.32. The number of rotatable bonds is 12. The van der Waals surface area contributed by atoms with Crippen molar-refractivity contribution < 1.29 is 74.6 Å². The largest absolute Gasteiger partial charge is 0.460 e. The maximum absolute atomic E-state index is 14.2. The zero-order valence-corrected chi connectivity index (χ0v) is 20.5. The highest BCUT2D eigenvalue weighted by molar-refractivity contribution is 7.99. The summed E-state index contributed by atoms with van der Waals surface area (Å²) in [5.74, 6) is -57.5. The van der Waals surface area contributed by atoms with Crippen LogP contribution in [0, 0.1) is 0 Å². The van der Waals surface area contributed by atoms with E-state index in [0.29, 0.717) is 28.1 Å². The van der Waals surface area contributed by atoms with E-state index in [-0.39, 0.29) is 11.3 Å². The van der Waals surface area contributed by atoms with Gasteiger partial charge in [-0.15, -0.1) is 18.3 Å². The van der Waals surface area contributed by atoms with Crippen LogP contribution >= 0.6 is 11.8 Å². The van der Waals surface area contributed by atoms with Gasteiger partial charge in [-0.25, -0.2) is 0 Å². The summed E-state index contributed by atoms with van der Waals surface area (Å²) in [6.45, 7) is 3.44. The van der Waals surface area contributed by atoms with E-state index in [1.807, 2.05) is 0 Å². The summed E-state index contributed by atoms with van der Waals surface area (Å²) in [5.41, 5.74) is 0.350. The molecule has 2 aromatic carbocycles. The quantitative estimate of drug-likeness (QED) is 0.126. The normalized spacial score (nSPS) is 15.0. The molecule has 0 atom stereocenters. The Kier molecular flexibility index (Phi) is 9.08. The lowest BCUT2D eigenvalue weighted by Gasteiger charge is -2.42. The molecular weight excluding hydrogens is 631 g/mol. The van der Waals surface area contributed by atoms with Gasteiger partial charge in [0.1, 0.15) is 0 Å². The minimum absolute atomic E-state index is 0.0653. The van der Waals surface area contributed by atoms with Gasteiger partial charge in [-0.3, -0.25) is 0 Å². The number of hydrogen-bond donors (Lipinski definition) is 0. The van der Waals surface area contributed by atoms with Gasteiger partial charge in [0, 0.05) is 17.1 Å². The van der Waals surface area contributed by atoms with Crippen LogP contribution in [0.5, 0.6) is 0 Å². The summed E-state index contributed by atoms with van der Waals surface area (Å²) in [7, 11) is 0. The lowest BCUT2D eigenvalue weighted by molar-refractivity contribution is -0.461. The Bertz CT molecular complexity index is 1250. The molecule has 0 aliphatic rings. The molecule has 0 unspecified atom stereocenters. The molecule has 0 aliphatic carbocycles. The molecule has 232 valence electrons. The first-order valence-electron chi connectivity index (χ1n) is 10.7. The van der Waals surface area contributed by atoms with Crippen LogP contribution in [0.1, 0.15) is 12.0 Å². The van der Waals surface area contributed by atoms with Gasteiger partial charge in [0.25, 0.3) is 0 Å². The number of hydrogen-bond acceptors (Lipinski definition) is 1. The fraction of sp³-hybridized carbons (Fsp3) is 0.478. The SMILES string of the molecule is C=CCc1ccc2ccccc2c1SCCC(F)(F)C(F)(F)C(F)(F)C(F)(F)C(F)(F)C(F)(F)C(F)(F)C(F)(F)F. The molecule has 0 bridgehead atoms. The zero-order chi connectivity index (χ0) is 32.1.